The van der Waals surface area contributed by atoms with Gasteiger partial charge in [-0.1, -0.05) is 12.1 Å². The molecular weight excluding hydrogens is 362 g/mol. The van der Waals surface area contributed by atoms with Crippen LogP contribution in [-0.2, 0) is 25.9 Å². The van der Waals surface area contributed by atoms with Gasteiger partial charge in [0.05, 0.1) is 6.54 Å². The lowest BCUT2D eigenvalue weighted by Gasteiger charge is -2.25. The van der Waals surface area contributed by atoms with Gasteiger partial charge in [-0.25, -0.2) is 8.78 Å². The van der Waals surface area contributed by atoms with Crippen molar-refractivity contribution in [3.05, 3.63) is 64.5 Å². The van der Waals surface area contributed by atoms with Crippen LogP contribution in [0.25, 0.3) is 0 Å². The number of benzene rings is 1. The molecule has 1 unspecified atom stereocenters. The van der Waals surface area contributed by atoms with Crippen molar-refractivity contribution in [3.63, 3.8) is 0 Å². The Labute approximate surface area is 164 Å². The van der Waals surface area contributed by atoms with Crippen molar-refractivity contribution in [2.45, 2.75) is 45.3 Å². The van der Waals surface area contributed by atoms with E-state index in [4.69, 9.17) is 0 Å². The summed E-state index contributed by atoms with van der Waals surface area (Å²) >= 11 is 0. The smallest absolute Gasteiger partial charge is 0.274 e. The molecule has 5 nitrogen and oxygen atoms in total. The maximum Gasteiger partial charge on any atom is 0.274 e. The Hall–Kier alpha value is -2.54. The fraction of sp³-hybridized carbons (Fsp3) is 0.429. The fourth-order valence-corrected chi connectivity index (χ4v) is 3.64. The van der Waals surface area contributed by atoms with Crippen molar-refractivity contribution in [1.29, 1.82) is 0 Å². The molecule has 1 N–H and O–H groups in total. The number of rotatable bonds is 6. The van der Waals surface area contributed by atoms with E-state index in [1.807, 2.05) is 4.68 Å². The van der Waals surface area contributed by atoms with Crippen LogP contribution in [0, 0.1) is 18.6 Å². The Morgan fingerprint density at radius 3 is 2.86 bits per heavy atom. The van der Waals surface area contributed by atoms with Crippen molar-refractivity contribution in [1.82, 2.24) is 20.0 Å². The molecule has 150 valence electrons. The second-order valence-electron chi connectivity index (χ2n) is 7.42. The summed E-state index contributed by atoms with van der Waals surface area (Å²) in [4.78, 5) is 14.1. The molecule has 0 spiro atoms. The minimum absolute atomic E-state index is 0.0157. The van der Waals surface area contributed by atoms with E-state index < -0.39 is 11.6 Å². The summed E-state index contributed by atoms with van der Waals surface area (Å²) in [6.45, 7) is 6.03. The zero-order chi connectivity index (χ0) is 20.4. The van der Waals surface area contributed by atoms with Crippen LogP contribution in [0.2, 0.25) is 0 Å². The molecule has 0 bridgehead atoms. The number of aryl methyl sites for hydroxylation is 1. The largest absolute Gasteiger partial charge is 0.343 e. The van der Waals surface area contributed by atoms with Crippen molar-refractivity contribution >= 4 is 5.91 Å². The second-order valence-corrected chi connectivity index (χ2v) is 7.42. The predicted octanol–water partition coefficient (Wildman–Crippen LogP) is 3.00. The number of carbonyl (C=O) groups is 1. The Kier molecular flexibility index (Phi) is 5.93. The van der Waals surface area contributed by atoms with E-state index in [2.05, 4.69) is 17.0 Å². The summed E-state index contributed by atoms with van der Waals surface area (Å²) in [6.07, 6.45) is 3.90. The lowest BCUT2D eigenvalue weighted by molar-refractivity contribution is 0.0820. The van der Waals surface area contributed by atoms with Gasteiger partial charge < -0.3 is 10.2 Å². The van der Waals surface area contributed by atoms with Crippen LogP contribution in [0.3, 0.4) is 0 Å². The summed E-state index contributed by atoms with van der Waals surface area (Å²) in [5, 5.41) is 7.76. The molecule has 1 atom stereocenters. The minimum atomic E-state index is -0.547. The summed E-state index contributed by atoms with van der Waals surface area (Å²) in [5.41, 5.74) is 2.87. The number of carbonyl (C=O) groups excluding carboxylic acids is 1. The first-order valence-corrected chi connectivity index (χ1v) is 9.41. The number of halogens is 2. The fourth-order valence-electron chi connectivity index (χ4n) is 3.64. The van der Waals surface area contributed by atoms with E-state index >= 15 is 0 Å². The topological polar surface area (TPSA) is 50.2 Å². The zero-order valence-corrected chi connectivity index (χ0v) is 16.6. The molecule has 0 aliphatic heterocycles. The lowest BCUT2D eigenvalue weighted by Crippen LogP contribution is -2.35. The minimum Gasteiger partial charge on any atom is -0.343 e. The van der Waals surface area contributed by atoms with Gasteiger partial charge in [0.15, 0.2) is 5.69 Å². The highest BCUT2D eigenvalue weighted by atomic mass is 19.1. The molecule has 7 heteroatoms. The van der Waals surface area contributed by atoms with Gasteiger partial charge in [0.2, 0.25) is 0 Å². The highest BCUT2D eigenvalue weighted by Gasteiger charge is 2.29. The van der Waals surface area contributed by atoms with Crippen LogP contribution in [-0.4, -0.2) is 40.7 Å². The number of hydrogen-bond donors (Lipinski definition) is 1. The van der Waals surface area contributed by atoms with E-state index in [0.717, 1.165) is 24.1 Å². The third kappa shape index (κ3) is 3.85. The molecule has 1 aromatic carbocycles. The van der Waals surface area contributed by atoms with Gasteiger partial charge in [-0.3, -0.25) is 9.48 Å². The summed E-state index contributed by atoms with van der Waals surface area (Å²) in [7, 11) is 3.40. The van der Waals surface area contributed by atoms with E-state index in [-0.39, 0.29) is 24.1 Å². The first-order valence-electron chi connectivity index (χ1n) is 9.41. The molecule has 0 radical (unpaired) electrons. The van der Waals surface area contributed by atoms with Crippen molar-refractivity contribution in [3.8, 4) is 0 Å². The Balaban J connectivity index is 1.81. The van der Waals surface area contributed by atoms with Gasteiger partial charge in [-0.2, -0.15) is 5.10 Å². The molecule has 0 saturated carbocycles. The van der Waals surface area contributed by atoms with E-state index in [1.54, 1.807) is 27.1 Å². The zero-order valence-electron chi connectivity index (χ0n) is 16.6. The molecule has 2 aromatic rings. The Morgan fingerprint density at radius 1 is 1.43 bits per heavy atom. The van der Waals surface area contributed by atoms with Gasteiger partial charge in [0.25, 0.3) is 5.91 Å². The maximum atomic E-state index is 14.2. The molecule has 0 saturated heterocycles. The lowest BCUT2D eigenvalue weighted by atomic mass is 9.91. The van der Waals surface area contributed by atoms with Crippen LogP contribution < -0.4 is 5.32 Å². The number of fused-ring (bicyclic) bond motifs is 1. The van der Waals surface area contributed by atoms with Gasteiger partial charge in [-0.15, -0.1) is 6.58 Å². The highest BCUT2D eigenvalue weighted by Crippen LogP contribution is 2.26. The van der Waals surface area contributed by atoms with Crippen LogP contribution in [0.5, 0.6) is 0 Å². The van der Waals surface area contributed by atoms with Crippen LogP contribution in [0.15, 0.2) is 24.8 Å². The molecule has 1 heterocycles. The van der Waals surface area contributed by atoms with Gasteiger partial charge in [0, 0.05) is 43.5 Å². The van der Waals surface area contributed by atoms with Gasteiger partial charge in [-0.05, 0) is 37.8 Å². The van der Waals surface area contributed by atoms with Gasteiger partial charge >= 0.3 is 0 Å². The van der Waals surface area contributed by atoms with Crippen molar-refractivity contribution < 1.29 is 13.6 Å². The highest BCUT2D eigenvalue weighted by molar-refractivity contribution is 5.93. The number of amides is 1. The number of aromatic nitrogens is 2. The SMILES string of the molecule is C=CCn1nc(C(=O)N(C)C)c2c1CCC(NCc1c(F)ccc(C)c1F)C2. The van der Waals surface area contributed by atoms with E-state index in [1.165, 1.54) is 17.0 Å². The van der Waals surface area contributed by atoms with E-state index in [9.17, 15) is 13.6 Å². The average molecular weight is 388 g/mol. The van der Waals surface area contributed by atoms with Crippen LogP contribution in [0.1, 0.15) is 39.3 Å². The second kappa shape index (κ2) is 8.22. The Morgan fingerprint density at radius 2 is 2.18 bits per heavy atom. The first kappa shape index (κ1) is 20.2. The first-order chi connectivity index (χ1) is 13.3. The number of hydrogen-bond acceptors (Lipinski definition) is 3. The molecule has 28 heavy (non-hydrogen) atoms. The van der Waals surface area contributed by atoms with Gasteiger partial charge in [0.1, 0.15) is 11.6 Å². The molecule has 1 aliphatic rings. The summed E-state index contributed by atoms with van der Waals surface area (Å²) < 4.78 is 30.1. The van der Waals surface area contributed by atoms with Crippen molar-refractivity contribution in [2.75, 3.05) is 14.1 Å². The summed E-state index contributed by atoms with van der Waals surface area (Å²) in [5.74, 6) is -1.20. The van der Waals surface area contributed by atoms with Crippen molar-refractivity contribution in [2.24, 2.45) is 0 Å². The monoisotopic (exact) mass is 388 g/mol. The molecule has 3 rings (SSSR count). The maximum absolute atomic E-state index is 14.2. The number of allylic oxidation sites excluding steroid dienone is 1. The molecule has 0 fully saturated rings. The van der Waals surface area contributed by atoms with Crippen LogP contribution >= 0.6 is 0 Å². The summed E-state index contributed by atoms with van der Waals surface area (Å²) in [6, 6.07) is 2.75. The normalized spacial score (nSPS) is 16.0. The molecular formula is C21H26F2N4O. The molecule has 1 aromatic heterocycles. The third-order valence-corrected chi connectivity index (χ3v) is 5.20. The predicted molar refractivity (Wildman–Crippen MR) is 104 cm³/mol. The third-order valence-electron chi connectivity index (χ3n) is 5.20. The molecule has 1 amide bonds. The van der Waals surface area contributed by atoms with Crippen LogP contribution in [0.4, 0.5) is 8.78 Å². The Bertz CT molecular complexity index is 904. The quantitative estimate of drug-likeness (QED) is 0.774. The molecule has 1 aliphatic carbocycles. The van der Waals surface area contributed by atoms with E-state index in [0.29, 0.717) is 24.2 Å². The average Bonchev–Trinajstić information content (AvgIpc) is 3.02. The number of nitrogens with zero attached hydrogens (tertiary/aromatic N) is 3. The standard InChI is InChI=1S/C21H26F2N4O/c1-5-10-27-18-9-7-14(11-15(18)20(25-27)21(28)26(3)4)24-12-16-17(22)8-6-13(2)19(16)23/h5-6,8,14,24H,1,7,9-12H2,2-4H3. The number of nitrogens with one attached hydrogen (secondary N) is 1.